The van der Waals surface area contributed by atoms with Crippen LogP contribution in [-0.4, -0.2) is 15.0 Å². The van der Waals surface area contributed by atoms with Crippen molar-refractivity contribution in [2.75, 3.05) is 0 Å². The Hall–Kier alpha value is -1.46. The zero-order chi connectivity index (χ0) is 11.4. The topological polar surface area (TPSA) is 64.7 Å². The summed E-state index contributed by atoms with van der Waals surface area (Å²) in [6.45, 7) is 1.92. The second-order valence-electron chi connectivity index (χ2n) is 3.36. The molecule has 2 aromatic rings. The van der Waals surface area contributed by atoms with Crippen LogP contribution in [0.1, 0.15) is 18.7 Å². The number of pyridine rings is 1. The molecule has 2 aromatic heterocycles. The molecular formula is C11H12N4S. The van der Waals surface area contributed by atoms with Crippen LogP contribution in [-0.2, 0) is 0 Å². The van der Waals surface area contributed by atoms with Crippen LogP contribution in [0.2, 0.25) is 0 Å². The monoisotopic (exact) mass is 232 g/mol. The Balaban J connectivity index is 2.11. The molecule has 0 saturated heterocycles. The van der Waals surface area contributed by atoms with Crippen molar-refractivity contribution >= 4 is 11.8 Å². The van der Waals surface area contributed by atoms with Crippen molar-refractivity contribution in [1.29, 1.82) is 0 Å². The normalized spacial score (nSPS) is 12.4. The highest BCUT2D eigenvalue weighted by molar-refractivity contribution is 7.99. The first-order chi connectivity index (χ1) is 7.75. The zero-order valence-corrected chi connectivity index (χ0v) is 9.69. The maximum Gasteiger partial charge on any atom is 0.116 e. The highest BCUT2D eigenvalue weighted by atomic mass is 32.2. The summed E-state index contributed by atoms with van der Waals surface area (Å²) in [5.41, 5.74) is 6.62. The third kappa shape index (κ3) is 2.77. The molecule has 0 aliphatic heterocycles. The summed E-state index contributed by atoms with van der Waals surface area (Å²) in [7, 11) is 0. The highest BCUT2D eigenvalue weighted by Crippen LogP contribution is 2.24. The first-order valence-electron chi connectivity index (χ1n) is 4.91. The van der Waals surface area contributed by atoms with E-state index in [2.05, 4.69) is 15.0 Å². The van der Waals surface area contributed by atoms with Gasteiger partial charge in [0, 0.05) is 23.3 Å². The molecule has 5 heteroatoms. The van der Waals surface area contributed by atoms with Gasteiger partial charge in [0.25, 0.3) is 0 Å². The molecule has 2 rings (SSSR count). The van der Waals surface area contributed by atoms with Gasteiger partial charge in [-0.1, -0.05) is 11.8 Å². The van der Waals surface area contributed by atoms with Gasteiger partial charge in [-0.25, -0.2) is 9.97 Å². The van der Waals surface area contributed by atoms with Crippen molar-refractivity contribution in [3.63, 3.8) is 0 Å². The van der Waals surface area contributed by atoms with E-state index in [1.807, 2.05) is 31.3 Å². The van der Waals surface area contributed by atoms with Crippen LogP contribution in [0.25, 0.3) is 0 Å². The lowest BCUT2D eigenvalue weighted by atomic mass is 10.2. The number of hydrogen-bond donors (Lipinski definition) is 1. The van der Waals surface area contributed by atoms with Crippen molar-refractivity contribution in [1.82, 2.24) is 15.0 Å². The molecule has 0 aliphatic rings. The van der Waals surface area contributed by atoms with Crippen molar-refractivity contribution in [3.8, 4) is 0 Å². The Labute approximate surface area is 98.3 Å². The third-order valence-electron chi connectivity index (χ3n) is 2.00. The first-order valence-corrected chi connectivity index (χ1v) is 5.73. The molecule has 0 radical (unpaired) electrons. The van der Waals surface area contributed by atoms with Crippen LogP contribution in [0.5, 0.6) is 0 Å². The summed E-state index contributed by atoms with van der Waals surface area (Å²) < 4.78 is 0. The maximum absolute atomic E-state index is 5.73. The predicted molar refractivity (Wildman–Crippen MR) is 63.0 cm³/mol. The molecule has 0 saturated carbocycles. The average molecular weight is 232 g/mol. The fourth-order valence-corrected chi connectivity index (χ4v) is 1.89. The van der Waals surface area contributed by atoms with E-state index in [-0.39, 0.29) is 6.04 Å². The van der Waals surface area contributed by atoms with Crippen LogP contribution >= 0.6 is 11.8 Å². The maximum atomic E-state index is 5.73. The van der Waals surface area contributed by atoms with Gasteiger partial charge in [-0.05, 0) is 25.1 Å². The van der Waals surface area contributed by atoms with Gasteiger partial charge in [0.15, 0.2) is 0 Å². The van der Waals surface area contributed by atoms with E-state index in [0.717, 1.165) is 15.6 Å². The van der Waals surface area contributed by atoms with Crippen LogP contribution in [0.4, 0.5) is 0 Å². The predicted octanol–water partition coefficient (Wildman–Crippen LogP) is 2.04. The van der Waals surface area contributed by atoms with Gasteiger partial charge in [0.05, 0.1) is 5.69 Å². The molecule has 1 unspecified atom stereocenters. The number of aromatic nitrogens is 3. The third-order valence-corrected chi connectivity index (χ3v) is 2.93. The van der Waals surface area contributed by atoms with Gasteiger partial charge in [0.1, 0.15) is 11.4 Å². The van der Waals surface area contributed by atoms with Gasteiger partial charge in [0.2, 0.25) is 0 Å². The Morgan fingerprint density at radius 1 is 1.25 bits per heavy atom. The van der Waals surface area contributed by atoms with E-state index in [1.54, 1.807) is 18.0 Å². The molecule has 16 heavy (non-hydrogen) atoms. The molecule has 0 aromatic carbocycles. The van der Waals surface area contributed by atoms with E-state index < -0.39 is 0 Å². The number of hydrogen-bond acceptors (Lipinski definition) is 5. The van der Waals surface area contributed by atoms with E-state index in [1.165, 1.54) is 6.33 Å². The highest BCUT2D eigenvalue weighted by Gasteiger charge is 2.02. The number of nitrogens with zero attached hydrogens (tertiary/aromatic N) is 3. The van der Waals surface area contributed by atoms with E-state index in [4.69, 9.17) is 5.73 Å². The van der Waals surface area contributed by atoms with E-state index in [9.17, 15) is 0 Å². The molecule has 0 amide bonds. The Morgan fingerprint density at radius 2 is 2.12 bits per heavy atom. The minimum Gasteiger partial charge on any atom is -0.323 e. The average Bonchev–Trinajstić information content (AvgIpc) is 2.31. The fourth-order valence-electron chi connectivity index (χ4n) is 1.18. The second-order valence-corrected chi connectivity index (χ2v) is 4.45. The summed E-state index contributed by atoms with van der Waals surface area (Å²) in [4.78, 5) is 13.3. The summed E-state index contributed by atoms with van der Waals surface area (Å²) in [5.74, 6) is 0. The summed E-state index contributed by atoms with van der Waals surface area (Å²) in [6, 6.07) is 5.77. The van der Waals surface area contributed by atoms with Gasteiger partial charge < -0.3 is 5.73 Å². The van der Waals surface area contributed by atoms with Gasteiger partial charge in [-0.3, -0.25) is 4.98 Å². The molecule has 82 valence electrons. The van der Waals surface area contributed by atoms with Gasteiger partial charge in [-0.2, -0.15) is 0 Å². The smallest absolute Gasteiger partial charge is 0.116 e. The molecule has 0 bridgehead atoms. The SMILES string of the molecule is CC(N)c1ccc(Sc2ccncn2)cn1. The van der Waals surface area contributed by atoms with Gasteiger partial charge in [-0.15, -0.1) is 0 Å². The van der Waals surface area contributed by atoms with Crippen molar-refractivity contribution in [2.45, 2.75) is 22.9 Å². The molecule has 2 heterocycles. The first kappa shape index (κ1) is 11.0. The lowest BCUT2D eigenvalue weighted by molar-refractivity contribution is 0.777. The molecular weight excluding hydrogens is 220 g/mol. The standard InChI is InChI=1S/C11H12N4S/c1-8(12)10-3-2-9(6-14-10)16-11-4-5-13-7-15-11/h2-8H,12H2,1H3. The zero-order valence-electron chi connectivity index (χ0n) is 8.87. The minimum atomic E-state index is -0.0295. The summed E-state index contributed by atoms with van der Waals surface area (Å²) >= 11 is 1.55. The second kappa shape index (κ2) is 5.05. The summed E-state index contributed by atoms with van der Waals surface area (Å²) in [5, 5.41) is 0.908. The van der Waals surface area contributed by atoms with Crippen LogP contribution in [0.3, 0.4) is 0 Å². The molecule has 2 N–H and O–H groups in total. The van der Waals surface area contributed by atoms with Crippen LogP contribution in [0.15, 0.2) is 46.8 Å². The molecule has 0 spiro atoms. The van der Waals surface area contributed by atoms with Crippen molar-refractivity contribution in [2.24, 2.45) is 5.73 Å². The van der Waals surface area contributed by atoms with Crippen molar-refractivity contribution < 1.29 is 0 Å². The number of rotatable bonds is 3. The number of nitrogens with two attached hydrogens (primary N) is 1. The largest absolute Gasteiger partial charge is 0.323 e. The Bertz CT molecular complexity index is 441. The van der Waals surface area contributed by atoms with Gasteiger partial charge >= 0.3 is 0 Å². The van der Waals surface area contributed by atoms with Crippen LogP contribution in [0, 0.1) is 0 Å². The Morgan fingerprint density at radius 3 is 2.69 bits per heavy atom. The molecule has 1 atom stereocenters. The Kier molecular flexibility index (Phi) is 3.48. The minimum absolute atomic E-state index is 0.0295. The van der Waals surface area contributed by atoms with E-state index in [0.29, 0.717) is 0 Å². The quantitative estimate of drug-likeness (QED) is 0.820. The molecule has 0 aliphatic carbocycles. The van der Waals surface area contributed by atoms with E-state index >= 15 is 0 Å². The molecule has 4 nitrogen and oxygen atoms in total. The van der Waals surface area contributed by atoms with Crippen LogP contribution < -0.4 is 5.73 Å². The lowest BCUT2D eigenvalue weighted by Gasteiger charge is -2.05. The molecule has 0 fully saturated rings. The van der Waals surface area contributed by atoms with Crippen molar-refractivity contribution in [3.05, 3.63) is 42.6 Å². The summed E-state index contributed by atoms with van der Waals surface area (Å²) in [6.07, 6.45) is 5.07. The lowest BCUT2D eigenvalue weighted by Crippen LogP contribution is -2.06. The fraction of sp³-hybridized carbons (Fsp3) is 0.182.